The molecule has 0 aromatic heterocycles. The molecule has 0 bridgehead atoms. The van der Waals surface area contributed by atoms with Crippen molar-refractivity contribution in [3.05, 3.63) is 35.9 Å². The molecular formula is C16H26N2. The van der Waals surface area contributed by atoms with Crippen LogP contribution >= 0.6 is 0 Å². The summed E-state index contributed by atoms with van der Waals surface area (Å²) in [5.74, 6) is 0.913. The third kappa shape index (κ3) is 3.33. The van der Waals surface area contributed by atoms with E-state index in [0.717, 1.165) is 19.0 Å². The Morgan fingerprint density at radius 3 is 2.44 bits per heavy atom. The molecule has 0 aliphatic heterocycles. The predicted octanol–water partition coefficient (Wildman–Crippen LogP) is 2.98. The summed E-state index contributed by atoms with van der Waals surface area (Å²) in [7, 11) is 0. The van der Waals surface area contributed by atoms with Crippen LogP contribution in [-0.2, 0) is 5.54 Å². The molecule has 1 aromatic rings. The van der Waals surface area contributed by atoms with Gasteiger partial charge in [-0.1, -0.05) is 43.7 Å². The second kappa shape index (κ2) is 5.85. The standard InChI is InChI=1S/C16H26N2/c1-3-18(12-14-8-7-9-14)13-16(2,17)15-10-5-4-6-11-15/h4-6,10-11,14H,3,7-9,12-13,17H2,1-2H3. The molecule has 100 valence electrons. The van der Waals surface area contributed by atoms with E-state index < -0.39 is 0 Å². The zero-order chi connectivity index (χ0) is 13.0. The number of hydrogen-bond donors (Lipinski definition) is 1. The van der Waals surface area contributed by atoms with E-state index in [1.54, 1.807) is 0 Å². The van der Waals surface area contributed by atoms with Crippen molar-refractivity contribution in [2.24, 2.45) is 11.7 Å². The summed E-state index contributed by atoms with van der Waals surface area (Å²) in [6, 6.07) is 10.5. The van der Waals surface area contributed by atoms with Gasteiger partial charge in [-0.05, 0) is 37.8 Å². The molecule has 1 aliphatic carbocycles. The number of benzene rings is 1. The Bertz CT molecular complexity index is 355. The van der Waals surface area contributed by atoms with Gasteiger partial charge in [-0.15, -0.1) is 0 Å². The molecular weight excluding hydrogens is 220 g/mol. The zero-order valence-corrected chi connectivity index (χ0v) is 11.7. The molecule has 18 heavy (non-hydrogen) atoms. The monoisotopic (exact) mass is 246 g/mol. The van der Waals surface area contributed by atoms with Crippen molar-refractivity contribution in [3.8, 4) is 0 Å². The second-order valence-electron chi connectivity index (χ2n) is 5.91. The van der Waals surface area contributed by atoms with Crippen LogP contribution in [0.4, 0.5) is 0 Å². The molecule has 0 saturated heterocycles. The lowest BCUT2D eigenvalue weighted by molar-refractivity contribution is 0.156. The fraction of sp³-hybridized carbons (Fsp3) is 0.625. The lowest BCUT2D eigenvalue weighted by atomic mass is 9.84. The van der Waals surface area contributed by atoms with Crippen molar-refractivity contribution in [3.63, 3.8) is 0 Å². The smallest absolute Gasteiger partial charge is 0.0509 e. The number of nitrogens with zero attached hydrogens (tertiary/aromatic N) is 1. The van der Waals surface area contributed by atoms with Crippen LogP contribution in [0.2, 0.25) is 0 Å². The molecule has 2 heteroatoms. The summed E-state index contributed by atoms with van der Waals surface area (Å²) in [6.07, 6.45) is 4.23. The topological polar surface area (TPSA) is 29.3 Å². The summed E-state index contributed by atoms with van der Waals surface area (Å²) in [5.41, 5.74) is 7.49. The van der Waals surface area contributed by atoms with Gasteiger partial charge in [-0.3, -0.25) is 0 Å². The average molecular weight is 246 g/mol. The quantitative estimate of drug-likeness (QED) is 0.836. The van der Waals surface area contributed by atoms with E-state index in [1.807, 2.05) is 6.07 Å². The number of hydrogen-bond acceptors (Lipinski definition) is 2. The SMILES string of the molecule is CCN(CC1CCC1)CC(C)(N)c1ccccc1. The van der Waals surface area contributed by atoms with Crippen molar-refractivity contribution in [2.45, 2.75) is 38.6 Å². The van der Waals surface area contributed by atoms with E-state index in [2.05, 4.69) is 43.0 Å². The zero-order valence-electron chi connectivity index (χ0n) is 11.7. The summed E-state index contributed by atoms with van der Waals surface area (Å²) in [4.78, 5) is 2.51. The van der Waals surface area contributed by atoms with Crippen molar-refractivity contribution >= 4 is 0 Å². The molecule has 1 aromatic carbocycles. The Balaban J connectivity index is 1.96. The first-order valence-corrected chi connectivity index (χ1v) is 7.18. The van der Waals surface area contributed by atoms with Gasteiger partial charge < -0.3 is 10.6 Å². The Hall–Kier alpha value is -0.860. The van der Waals surface area contributed by atoms with Crippen molar-refractivity contribution < 1.29 is 0 Å². The lowest BCUT2D eigenvalue weighted by Gasteiger charge is -2.36. The van der Waals surface area contributed by atoms with E-state index in [1.165, 1.54) is 31.4 Å². The number of nitrogens with two attached hydrogens (primary N) is 1. The van der Waals surface area contributed by atoms with Crippen LogP contribution in [0.3, 0.4) is 0 Å². The van der Waals surface area contributed by atoms with Gasteiger partial charge in [0.2, 0.25) is 0 Å². The fourth-order valence-electron chi connectivity index (χ4n) is 2.72. The van der Waals surface area contributed by atoms with Crippen molar-refractivity contribution in [1.82, 2.24) is 4.90 Å². The van der Waals surface area contributed by atoms with Crippen molar-refractivity contribution in [2.75, 3.05) is 19.6 Å². The van der Waals surface area contributed by atoms with Crippen LogP contribution in [0.25, 0.3) is 0 Å². The summed E-state index contributed by atoms with van der Waals surface area (Å²) in [6.45, 7) is 7.64. The van der Waals surface area contributed by atoms with Crippen molar-refractivity contribution in [1.29, 1.82) is 0 Å². The summed E-state index contributed by atoms with van der Waals surface area (Å²) in [5, 5.41) is 0. The summed E-state index contributed by atoms with van der Waals surface area (Å²) >= 11 is 0. The minimum atomic E-state index is -0.249. The molecule has 1 atom stereocenters. The first kappa shape index (κ1) is 13.6. The predicted molar refractivity (Wildman–Crippen MR) is 77.4 cm³/mol. The van der Waals surface area contributed by atoms with Crippen LogP contribution in [0, 0.1) is 5.92 Å². The van der Waals surface area contributed by atoms with Gasteiger partial charge in [-0.25, -0.2) is 0 Å². The molecule has 0 radical (unpaired) electrons. The van der Waals surface area contributed by atoms with Crippen LogP contribution in [0.1, 0.15) is 38.7 Å². The Kier molecular flexibility index (Phi) is 4.41. The minimum absolute atomic E-state index is 0.249. The van der Waals surface area contributed by atoms with Crippen LogP contribution in [0.15, 0.2) is 30.3 Å². The minimum Gasteiger partial charge on any atom is -0.321 e. The first-order valence-electron chi connectivity index (χ1n) is 7.18. The largest absolute Gasteiger partial charge is 0.321 e. The van der Waals surface area contributed by atoms with Gasteiger partial charge in [0.25, 0.3) is 0 Å². The highest BCUT2D eigenvalue weighted by atomic mass is 15.1. The number of likely N-dealkylation sites (N-methyl/N-ethyl adjacent to an activating group) is 1. The van der Waals surface area contributed by atoms with E-state index in [9.17, 15) is 0 Å². The average Bonchev–Trinajstić information content (AvgIpc) is 2.33. The fourth-order valence-corrected chi connectivity index (χ4v) is 2.72. The first-order chi connectivity index (χ1) is 8.62. The van der Waals surface area contributed by atoms with E-state index in [4.69, 9.17) is 5.73 Å². The molecule has 2 N–H and O–H groups in total. The van der Waals surface area contributed by atoms with Gasteiger partial charge in [0.05, 0.1) is 5.54 Å². The summed E-state index contributed by atoms with van der Waals surface area (Å²) < 4.78 is 0. The maximum atomic E-state index is 6.51. The second-order valence-corrected chi connectivity index (χ2v) is 5.91. The molecule has 1 fully saturated rings. The van der Waals surface area contributed by atoms with Gasteiger partial charge in [0.15, 0.2) is 0 Å². The Labute approximate surface area is 111 Å². The highest BCUT2D eigenvalue weighted by Crippen LogP contribution is 2.28. The van der Waals surface area contributed by atoms with E-state index in [-0.39, 0.29) is 5.54 Å². The molecule has 1 aliphatic rings. The number of rotatable bonds is 6. The molecule has 2 rings (SSSR count). The van der Waals surface area contributed by atoms with E-state index >= 15 is 0 Å². The van der Waals surface area contributed by atoms with Gasteiger partial charge in [-0.2, -0.15) is 0 Å². The lowest BCUT2D eigenvalue weighted by Crippen LogP contribution is -2.47. The van der Waals surface area contributed by atoms with Gasteiger partial charge in [0.1, 0.15) is 0 Å². The molecule has 0 heterocycles. The molecule has 2 nitrogen and oxygen atoms in total. The normalized spacial score (nSPS) is 19.6. The third-order valence-corrected chi connectivity index (χ3v) is 4.17. The Morgan fingerprint density at radius 1 is 1.28 bits per heavy atom. The van der Waals surface area contributed by atoms with E-state index in [0.29, 0.717) is 0 Å². The van der Waals surface area contributed by atoms with Crippen LogP contribution < -0.4 is 5.73 Å². The maximum Gasteiger partial charge on any atom is 0.0509 e. The highest BCUT2D eigenvalue weighted by molar-refractivity contribution is 5.23. The van der Waals surface area contributed by atoms with Gasteiger partial charge >= 0.3 is 0 Å². The van der Waals surface area contributed by atoms with Crippen LogP contribution in [0.5, 0.6) is 0 Å². The highest BCUT2D eigenvalue weighted by Gasteiger charge is 2.26. The molecule has 1 unspecified atom stereocenters. The molecule has 0 amide bonds. The maximum absolute atomic E-state index is 6.51. The van der Waals surface area contributed by atoms with Crippen LogP contribution in [-0.4, -0.2) is 24.5 Å². The molecule has 1 saturated carbocycles. The Morgan fingerprint density at radius 2 is 1.94 bits per heavy atom. The van der Waals surface area contributed by atoms with Gasteiger partial charge in [0, 0.05) is 13.1 Å². The third-order valence-electron chi connectivity index (χ3n) is 4.17. The molecule has 0 spiro atoms.